The van der Waals surface area contributed by atoms with Crippen molar-refractivity contribution in [1.82, 2.24) is 25.8 Å². The molecule has 2 aromatic carbocycles. The quantitative estimate of drug-likeness (QED) is 0.0193. The molecule has 4 rings (SSSR count). The van der Waals surface area contributed by atoms with Crippen molar-refractivity contribution in [1.29, 1.82) is 0 Å². The van der Waals surface area contributed by atoms with Gasteiger partial charge >= 0.3 is 5.97 Å². The number of aliphatic hydroxyl groups excluding tert-OH is 1. The number of amides is 4. The van der Waals surface area contributed by atoms with Crippen molar-refractivity contribution in [2.24, 2.45) is 22.2 Å². The average Bonchev–Trinajstić information content (AvgIpc) is 3.64. The fourth-order valence-electron chi connectivity index (χ4n) is 6.52. The van der Waals surface area contributed by atoms with E-state index in [0.717, 1.165) is 12.1 Å². The summed E-state index contributed by atoms with van der Waals surface area (Å²) in [6.07, 6.45) is 0.363. The van der Waals surface area contributed by atoms with Crippen molar-refractivity contribution < 1.29 is 39.1 Å². The zero-order valence-corrected chi connectivity index (χ0v) is 30.2. The summed E-state index contributed by atoms with van der Waals surface area (Å²) >= 11 is 0. The number of nitro groups is 1. The number of carboxylic acid groups (broad SMARTS) is 1. The first kappa shape index (κ1) is 41.6. The number of hydrogen-bond donors (Lipinski definition) is 9. The minimum Gasteiger partial charge on any atom is -0.480 e. The van der Waals surface area contributed by atoms with Crippen molar-refractivity contribution in [3.8, 4) is 0 Å². The predicted molar refractivity (Wildman–Crippen MR) is 201 cm³/mol. The van der Waals surface area contributed by atoms with E-state index in [1.807, 2.05) is 0 Å². The van der Waals surface area contributed by atoms with Gasteiger partial charge in [-0.15, -0.1) is 0 Å². The van der Waals surface area contributed by atoms with E-state index in [2.05, 4.69) is 25.9 Å². The SMILES string of the molecule is C[C@@H](O)[C@H](NC(=O)c1ccc([N+](=O)[O-])c2c(=O)c3ccccc3[nH]c12)C(=O)N[C@@H](CCCCN)C(=O)N1CCC[C@H]1C(=O)N[C@@H](CCCN=C(N)N)C(=O)O. The Labute approximate surface area is 314 Å². The summed E-state index contributed by atoms with van der Waals surface area (Å²) in [6, 6.07) is 3.16. The first-order valence-corrected chi connectivity index (χ1v) is 17.8. The summed E-state index contributed by atoms with van der Waals surface area (Å²) in [5.41, 5.74) is 15.0. The molecule has 3 aromatic rings. The number of aliphatic carboxylic acids is 1. The molecule has 0 spiro atoms. The van der Waals surface area contributed by atoms with Crippen LogP contribution in [0.4, 0.5) is 5.69 Å². The fraction of sp³-hybridized carbons (Fsp3) is 0.457. The number of fused-ring (bicyclic) bond motifs is 2. The lowest BCUT2D eigenvalue weighted by atomic mass is 10.0. The molecule has 296 valence electrons. The number of guanidine groups is 1. The molecule has 1 saturated heterocycles. The third-order valence-corrected chi connectivity index (χ3v) is 9.29. The standard InChI is InChI=1S/C35H46N10O10/c1-18(46)27(43-30(48)20-13-14-24(45(54)55)26-28(20)40-21-9-3-2-8-19(21)29(26)47)32(50)41-22(10-4-5-15-36)33(51)44-17-7-12-25(44)31(49)42-23(34(52)53)11-6-16-39-35(37)38/h2-3,8-9,13-14,18,22-23,25,27,46H,4-7,10-12,15-17,36H2,1H3,(H,40,47)(H,41,50)(H,42,49)(H,43,48)(H,52,53)(H4,37,38,39)/t18-,22+,23+,25+,27+/m1/s1. The van der Waals surface area contributed by atoms with E-state index in [-0.39, 0.29) is 73.1 Å². The van der Waals surface area contributed by atoms with Gasteiger partial charge in [0.25, 0.3) is 11.6 Å². The monoisotopic (exact) mass is 766 g/mol. The number of unbranched alkanes of at least 4 members (excludes halogenated alkanes) is 1. The van der Waals surface area contributed by atoms with Crippen LogP contribution in [-0.4, -0.2) is 110 Å². The summed E-state index contributed by atoms with van der Waals surface area (Å²) in [6.45, 7) is 1.81. The number of aromatic amines is 1. The number of nitrogens with one attached hydrogen (secondary N) is 4. The molecular formula is C35H46N10O10. The molecule has 12 N–H and O–H groups in total. The molecular weight excluding hydrogens is 720 g/mol. The minimum atomic E-state index is -1.65. The van der Waals surface area contributed by atoms with Crippen molar-refractivity contribution in [3.05, 3.63) is 62.3 Å². The largest absolute Gasteiger partial charge is 0.480 e. The minimum absolute atomic E-state index is 0.0189. The van der Waals surface area contributed by atoms with Crippen LogP contribution in [0.15, 0.2) is 46.2 Å². The molecule has 1 aliphatic rings. The summed E-state index contributed by atoms with van der Waals surface area (Å²) in [5, 5.41) is 39.5. The zero-order chi connectivity index (χ0) is 40.4. The van der Waals surface area contributed by atoms with Crippen LogP contribution in [0.2, 0.25) is 0 Å². The van der Waals surface area contributed by atoms with Gasteiger partial charge in [-0.25, -0.2) is 4.79 Å². The van der Waals surface area contributed by atoms with E-state index in [1.165, 1.54) is 17.9 Å². The van der Waals surface area contributed by atoms with Crippen LogP contribution < -0.4 is 38.6 Å². The van der Waals surface area contributed by atoms with Gasteiger partial charge in [-0.3, -0.25) is 39.1 Å². The Kier molecular flexibility index (Phi) is 14.2. The number of nitrogens with zero attached hydrogens (tertiary/aromatic N) is 3. The topological polar surface area (TPSA) is 332 Å². The molecule has 20 nitrogen and oxygen atoms in total. The highest BCUT2D eigenvalue weighted by molar-refractivity contribution is 6.11. The maximum atomic E-state index is 14.0. The van der Waals surface area contributed by atoms with Gasteiger partial charge in [0.15, 0.2) is 5.96 Å². The smallest absolute Gasteiger partial charge is 0.326 e. The van der Waals surface area contributed by atoms with Crippen LogP contribution in [-0.2, 0) is 19.2 Å². The number of aliphatic imine (C=N–C) groups is 1. The van der Waals surface area contributed by atoms with E-state index in [9.17, 15) is 49.1 Å². The number of nitro benzene ring substituents is 1. The van der Waals surface area contributed by atoms with Gasteiger partial charge in [-0.1, -0.05) is 12.1 Å². The van der Waals surface area contributed by atoms with E-state index in [1.54, 1.807) is 18.2 Å². The number of rotatable bonds is 18. The molecule has 1 aliphatic heterocycles. The van der Waals surface area contributed by atoms with Gasteiger partial charge in [0.05, 0.1) is 22.1 Å². The highest BCUT2D eigenvalue weighted by Crippen LogP contribution is 2.27. The molecule has 1 aromatic heterocycles. The number of para-hydroxylation sites is 1. The second-order valence-electron chi connectivity index (χ2n) is 13.2. The molecule has 4 amide bonds. The number of carboxylic acids is 1. The lowest BCUT2D eigenvalue weighted by Crippen LogP contribution is -2.59. The van der Waals surface area contributed by atoms with Gasteiger partial charge in [0.1, 0.15) is 29.6 Å². The van der Waals surface area contributed by atoms with Crippen LogP contribution >= 0.6 is 0 Å². The molecule has 0 bridgehead atoms. The Hall–Kier alpha value is -6.15. The van der Waals surface area contributed by atoms with Gasteiger partial charge in [-0.05, 0) is 76.6 Å². The van der Waals surface area contributed by atoms with Gasteiger partial charge in [0.2, 0.25) is 23.2 Å². The van der Waals surface area contributed by atoms with Gasteiger partial charge < -0.3 is 53.2 Å². The number of hydrogen-bond acceptors (Lipinski definition) is 11. The average molecular weight is 767 g/mol. The Bertz CT molecular complexity index is 2030. The maximum absolute atomic E-state index is 14.0. The molecule has 2 heterocycles. The number of carbonyl (C=O) groups excluding carboxylic acids is 4. The number of H-pyrrole nitrogens is 1. The second kappa shape index (κ2) is 18.7. The first-order valence-electron chi connectivity index (χ1n) is 17.8. The number of nitrogens with two attached hydrogens (primary N) is 3. The molecule has 0 unspecified atom stereocenters. The molecule has 0 radical (unpaired) electrons. The van der Waals surface area contributed by atoms with Crippen molar-refractivity contribution in [2.45, 2.75) is 82.1 Å². The lowest BCUT2D eigenvalue weighted by Gasteiger charge is -2.31. The Balaban J connectivity index is 1.56. The van der Waals surface area contributed by atoms with Crippen LogP contribution in [0.5, 0.6) is 0 Å². The predicted octanol–water partition coefficient (Wildman–Crippen LogP) is -0.703. The van der Waals surface area contributed by atoms with Crippen molar-refractivity contribution in [2.75, 3.05) is 19.6 Å². The third kappa shape index (κ3) is 10.1. The molecule has 20 heteroatoms. The molecule has 5 atom stereocenters. The second-order valence-corrected chi connectivity index (χ2v) is 13.2. The number of non-ortho nitro benzene ring substituents is 1. The Morgan fingerprint density at radius 1 is 1.04 bits per heavy atom. The summed E-state index contributed by atoms with van der Waals surface area (Å²) < 4.78 is 0. The highest BCUT2D eigenvalue weighted by Gasteiger charge is 2.40. The van der Waals surface area contributed by atoms with Crippen molar-refractivity contribution >= 4 is 63.1 Å². The normalized spacial score (nSPS) is 16.1. The van der Waals surface area contributed by atoms with E-state index < -0.39 is 75.9 Å². The van der Waals surface area contributed by atoms with E-state index >= 15 is 0 Å². The Morgan fingerprint density at radius 2 is 1.75 bits per heavy atom. The van der Waals surface area contributed by atoms with E-state index in [4.69, 9.17) is 17.2 Å². The zero-order valence-electron chi connectivity index (χ0n) is 30.2. The number of carbonyl (C=O) groups is 5. The van der Waals surface area contributed by atoms with E-state index in [0.29, 0.717) is 24.8 Å². The van der Waals surface area contributed by atoms with Crippen LogP contribution in [0, 0.1) is 10.1 Å². The molecule has 55 heavy (non-hydrogen) atoms. The van der Waals surface area contributed by atoms with Crippen molar-refractivity contribution in [3.63, 3.8) is 0 Å². The number of benzene rings is 2. The molecule has 0 saturated carbocycles. The first-order chi connectivity index (χ1) is 26.2. The summed E-state index contributed by atoms with van der Waals surface area (Å²) in [5.74, 6) is -4.68. The van der Waals surface area contributed by atoms with Crippen LogP contribution in [0.3, 0.4) is 0 Å². The molecule has 0 aliphatic carbocycles. The van der Waals surface area contributed by atoms with Crippen LogP contribution in [0.1, 0.15) is 62.2 Å². The summed E-state index contributed by atoms with van der Waals surface area (Å²) in [4.78, 5) is 99.2. The number of aliphatic hydroxyl groups is 1. The fourth-order valence-corrected chi connectivity index (χ4v) is 6.52. The van der Waals surface area contributed by atoms with Gasteiger partial charge in [-0.2, -0.15) is 0 Å². The van der Waals surface area contributed by atoms with Crippen LogP contribution in [0.25, 0.3) is 21.8 Å². The number of aromatic nitrogens is 1. The molecule has 1 fully saturated rings. The number of pyridine rings is 1. The summed E-state index contributed by atoms with van der Waals surface area (Å²) in [7, 11) is 0. The lowest BCUT2D eigenvalue weighted by molar-refractivity contribution is -0.383. The number of likely N-dealkylation sites (tertiary alicyclic amines) is 1. The third-order valence-electron chi connectivity index (χ3n) is 9.29. The maximum Gasteiger partial charge on any atom is 0.326 e. The Morgan fingerprint density at radius 3 is 2.40 bits per heavy atom. The van der Waals surface area contributed by atoms with Gasteiger partial charge in [0, 0.05) is 30.1 Å². The highest BCUT2D eigenvalue weighted by atomic mass is 16.6.